The van der Waals surface area contributed by atoms with Crippen molar-refractivity contribution >= 4 is 5.97 Å². The molecule has 1 aliphatic heterocycles. The predicted molar refractivity (Wildman–Crippen MR) is 83.9 cm³/mol. The zero-order valence-corrected chi connectivity index (χ0v) is 15.1. The summed E-state index contributed by atoms with van der Waals surface area (Å²) < 4.78 is 0. The van der Waals surface area contributed by atoms with E-state index in [0.717, 1.165) is 0 Å². The number of nitrogens with zero attached hydrogens (tertiary/aromatic N) is 3. The van der Waals surface area contributed by atoms with Crippen molar-refractivity contribution in [2.75, 3.05) is 13.2 Å². The summed E-state index contributed by atoms with van der Waals surface area (Å²) in [4.78, 5) is 47.2. The van der Waals surface area contributed by atoms with Crippen molar-refractivity contribution in [2.24, 2.45) is 11.8 Å². The molecule has 0 aromatic heterocycles. The van der Waals surface area contributed by atoms with Gasteiger partial charge >= 0.3 is 5.97 Å². The molecule has 1 heterocycles. The first-order chi connectivity index (χ1) is 11.4. The standard InChI is InChI=1S/C14H25N3O8/c1-10(18)25-15-13(2,3)11(8-23-16(19)20)6-7-12(14(15,4)5)9-24-17(21)22/h11-12H,6-9H2,1-5H3. The Balaban J connectivity index is 3.17. The molecule has 2 unspecified atom stereocenters. The monoisotopic (exact) mass is 363 g/mol. The Kier molecular flexibility index (Phi) is 6.52. The van der Waals surface area contributed by atoms with E-state index in [4.69, 9.17) is 4.84 Å². The fourth-order valence-electron chi connectivity index (χ4n) is 3.42. The van der Waals surface area contributed by atoms with Gasteiger partial charge in [0.15, 0.2) is 0 Å². The molecule has 0 N–H and O–H groups in total. The highest BCUT2D eigenvalue weighted by atomic mass is 17.0. The SMILES string of the molecule is CC(=O)ON1C(C)(C)C(CO[N+](=O)[O-])CCC(CO[N+](=O)[O-])C1(C)C. The molecule has 25 heavy (non-hydrogen) atoms. The lowest BCUT2D eigenvalue weighted by atomic mass is 9.85. The van der Waals surface area contributed by atoms with Gasteiger partial charge < -0.3 is 14.5 Å². The van der Waals surface area contributed by atoms with Gasteiger partial charge in [0.25, 0.3) is 10.2 Å². The fourth-order valence-corrected chi connectivity index (χ4v) is 3.42. The molecule has 11 nitrogen and oxygen atoms in total. The molecule has 0 bridgehead atoms. The number of carbonyl (C=O) groups excluding carboxylic acids is 1. The van der Waals surface area contributed by atoms with Crippen molar-refractivity contribution in [3.63, 3.8) is 0 Å². The van der Waals surface area contributed by atoms with Gasteiger partial charge in [-0.1, -0.05) is 0 Å². The van der Waals surface area contributed by atoms with Crippen LogP contribution < -0.4 is 0 Å². The first-order valence-electron chi connectivity index (χ1n) is 7.92. The highest BCUT2D eigenvalue weighted by Crippen LogP contribution is 2.43. The summed E-state index contributed by atoms with van der Waals surface area (Å²) in [5.74, 6) is -1.22. The lowest BCUT2D eigenvalue weighted by Crippen LogP contribution is -2.61. The Labute approximate surface area is 145 Å². The average Bonchev–Trinajstić information content (AvgIpc) is 2.51. The molecule has 1 saturated heterocycles. The topological polar surface area (TPSA) is 134 Å². The van der Waals surface area contributed by atoms with Crippen LogP contribution in [0.5, 0.6) is 0 Å². The van der Waals surface area contributed by atoms with Crippen LogP contribution in [-0.4, -0.2) is 45.5 Å². The maximum atomic E-state index is 11.6. The number of hydrogen-bond acceptors (Lipinski definition) is 9. The third-order valence-corrected chi connectivity index (χ3v) is 4.89. The van der Waals surface area contributed by atoms with Crippen LogP contribution in [0.2, 0.25) is 0 Å². The second-order valence-electron chi connectivity index (χ2n) is 7.19. The van der Waals surface area contributed by atoms with Crippen molar-refractivity contribution in [2.45, 2.75) is 58.5 Å². The van der Waals surface area contributed by atoms with Gasteiger partial charge in [0.1, 0.15) is 13.2 Å². The third-order valence-electron chi connectivity index (χ3n) is 4.89. The summed E-state index contributed by atoms with van der Waals surface area (Å²) in [6.45, 7) is 8.09. The second-order valence-corrected chi connectivity index (χ2v) is 7.19. The molecule has 2 atom stereocenters. The van der Waals surface area contributed by atoms with Crippen molar-refractivity contribution in [3.8, 4) is 0 Å². The molecular formula is C14H25N3O8. The number of hydrogen-bond donors (Lipinski definition) is 0. The molecule has 0 aromatic rings. The van der Waals surface area contributed by atoms with Crippen molar-refractivity contribution in [1.82, 2.24) is 5.06 Å². The van der Waals surface area contributed by atoms with Crippen LogP contribution in [0.3, 0.4) is 0 Å². The van der Waals surface area contributed by atoms with Gasteiger partial charge in [-0.2, -0.15) is 0 Å². The number of carbonyl (C=O) groups is 1. The van der Waals surface area contributed by atoms with Gasteiger partial charge in [-0.25, -0.2) is 0 Å². The van der Waals surface area contributed by atoms with Crippen molar-refractivity contribution in [1.29, 1.82) is 0 Å². The quantitative estimate of drug-likeness (QED) is 0.489. The van der Waals surface area contributed by atoms with Crippen molar-refractivity contribution in [3.05, 3.63) is 20.2 Å². The van der Waals surface area contributed by atoms with Gasteiger partial charge in [-0.3, -0.25) is 4.79 Å². The molecule has 1 fully saturated rings. The third kappa shape index (κ3) is 5.15. The first-order valence-corrected chi connectivity index (χ1v) is 7.92. The minimum absolute atomic E-state index is 0.170. The summed E-state index contributed by atoms with van der Waals surface area (Å²) in [5.41, 5.74) is -1.59. The number of rotatable bonds is 7. The highest BCUT2D eigenvalue weighted by molar-refractivity contribution is 5.65. The molecule has 1 rings (SSSR count). The Hall–Kier alpha value is -2.17. The van der Waals surface area contributed by atoms with E-state index in [1.807, 2.05) is 0 Å². The van der Waals surface area contributed by atoms with E-state index >= 15 is 0 Å². The predicted octanol–water partition coefficient (Wildman–Crippen LogP) is 1.77. The van der Waals surface area contributed by atoms with Gasteiger partial charge in [0.2, 0.25) is 0 Å². The van der Waals surface area contributed by atoms with Crippen LogP contribution in [0.15, 0.2) is 0 Å². The van der Waals surface area contributed by atoms with E-state index in [2.05, 4.69) is 9.68 Å². The molecule has 0 saturated carbocycles. The van der Waals surface area contributed by atoms with Gasteiger partial charge in [0, 0.05) is 18.8 Å². The normalized spacial score (nSPS) is 25.5. The molecule has 0 spiro atoms. The highest BCUT2D eigenvalue weighted by Gasteiger charge is 2.51. The first kappa shape index (κ1) is 20.9. The summed E-state index contributed by atoms with van der Waals surface area (Å²) in [7, 11) is 0. The van der Waals surface area contributed by atoms with Crippen LogP contribution >= 0.6 is 0 Å². The van der Waals surface area contributed by atoms with E-state index in [1.165, 1.54) is 12.0 Å². The molecule has 11 heteroatoms. The minimum Gasteiger partial charge on any atom is -0.367 e. The Morgan fingerprint density at radius 1 is 1.00 bits per heavy atom. The minimum atomic E-state index is -0.865. The van der Waals surface area contributed by atoms with Crippen LogP contribution in [0.4, 0.5) is 0 Å². The van der Waals surface area contributed by atoms with E-state index in [1.54, 1.807) is 27.7 Å². The van der Waals surface area contributed by atoms with Crippen molar-refractivity contribution < 1.29 is 29.5 Å². The lowest BCUT2D eigenvalue weighted by molar-refractivity contribution is -0.759. The lowest BCUT2D eigenvalue weighted by Gasteiger charge is -2.49. The Morgan fingerprint density at radius 2 is 1.36 bits per heavy atom. The molecule has 144 valence electrons. The maximum absolute atomic E-state index is 11.6. The van der Waals surface area contributed by atoms with Gasteiger partial charge in [-0.05, 0) is 40.5 Å². The summed E-state index contributed by atoms with van der Waals surface area (Å²) in [5, 5.41) is 20.9. The summed E-state index contributed by atoms with van der Waals surface area (Å²) in [6.07, 6.45) is 0.988. The second kappa shape index (κ2) is 7.81. The van der Waals surface area contributed by atoms with E-state index in [0.29, 0.717) is 12.8 Å². The van der Waals surface area contributed by atoms with Crippen LogP contribution in [0, 0.1) is 32.1 Å². The smallest absolute Gasteiger partial charge is 0.322 e. The zero-order valence-electron chi connectivity index (χ0n) is 15.1. The average molecular weight is 363 g/mol. The Morgan fingerprint density at radius 3 is 1.64 bits per heavy atom. The molecular weight excluding hydrogens is 338 g/mol. The number of hydroxylamine groups is 2. The van der Waals surface area contributed by atoms with E-state index < -0.39 is 27.2 Å². The molecule has 0 amide bonds. The maximum Gasteiger partial charge on any atom is 0.322 e. The summed E-state index contributed by atoms with van der Waals surface area (Å²) in [6, 6.07) is 0. The fraction of sp³-hybridized carbons (Fsp3) is 0.929. The molecule has 0 radical (unpaired) electrons. The van der Waals surface area contributed by atoms with Crippen LogP contribution in [0.25, 0.3) is 0 Å². The van der Waals surface area contributed by atoms with E-state index in [9.17, 15) is 25.0 Å². The molecule has 1 aliphatic rings. The molecule has 0 aliphatic carbocycles. The summed E-state index contributed by atoms with van der Waals surface area (Å²) >= 11 is 0. The zero-order chi connectivity index (χ0) is 19.4. The van der Waals surface area contributed by atoms with Gasteiger partial charge in [-0.15, -0.1) is 25.3 Å². The van der Waals surface area contributed by atoms with Crippen LogP contribution in [-0.2, 0) is 19.3 Å². The molecule has 0 aromatic carbocycles. The largest absolute Gasteiger partial charge is 0.367 e. The van der Waals surface area contributed by atoms with Gasteiger partial charge in [0.05, 0.1) is 11.1 Å². The van der Waals surface area contributed by atoms with E-state index in [-0.39, 0.29) is 25.0 Å². The Bertz CT molecular complexity index is 484. The van der Waals surface area contributed by atoms with Crippen LogP contribution in [0.1, 0.15) is 47.5 Å².